The topological polar surface area (TPSA) is 79.5 Å². The summed E-state index contributed by atoms with van der Waals surface area (Å²) in [5, 5.41) is 11.0. The van der Waals surface area contributed by atoms with Crippen LogP contribution in [0.3, 0.4) is 0 Å². The minimum Gasteiger partial charge on any atom is -0.475 e. The van der Waals surface area contributed by atoms with E-state index in [2.05, 4.69) is 15.0 Å². The highest BCUT2D eigenvalue weighted by molar-refractivity contribution is 5.73. The van der Waals surface area contributed by atoms with Gasteiger partial charge in [0.1, 0.15) is 0 Å². The molecule has 0 unspecified atom stereocenters. The number of likely N-dealkylation sites (tertiary alicyclic amines) is 1. The molecule has 0 radical (unpaired) electrons. The Morgan fingerprint density at radius 2 is 1.75 bits per heavy atom. The van der Waals surface area contributed by atoms with E-state index < -0.39 is 23.9 Å². The van der Waals surface area contributed by atoms with Gasteiger partial charge in [-0.1, -0.05) is 29.8 Å². The van der Waals surface area contributed by atoms with E-state index in [1.165, 1.54) is 25.3 Å². The second-order valence-corrected chi connectivity index (χ2v) is 7.29. The lowest BCUT2D eigenvalue weighted by molar-refractivity contribution is -0.192. The minimum atomic E-state index is -5.08. The van der Waals surface area contributed by atoms with Crippen LogP contribution in [0.5, 0.6) is 0 Å². The van der Waals surface area contributed by atoms with E-state index in [0.29, 0.717) is 23.7 Å². The van der Waals surface area contributed by atoms with Gasteiger partial charge in [-0.15, -0.1) is 0 Å². The van der Waals surface area contributed by atoms with E-state index >= 15 is 0 Å². The molecule has 2 aromatic rings. The maximum atomic E-state index is 12.7. The molecule has 32 heavy (non-hydrogen) atoms. The zero-order valence-corrected chi connectivity index (χ0v) is 17.0. The van der Waals surface area contributed by atoms with Gasteiger partial charge in [0.15, 0.2) is 5.82 Å². The first-order valence-corrected chi connectivity index (χ1v) is 9.95. The third kappa shape index (κ3) is 8.85. The largest absolute Gasteiger partial charge is 0.490 e. The zero-order chi connectivity index (χ0) is 23.8. The number of aromatic nitrogens is 2. The van der Waals surface area contributed by atoms with Crippen LogP contribution in [0.2, 0.25) is 0 Å². The first-order valence-electron chi connectivity index (χ1n) is 9.95. The fourth-order valence-electron chi connectivity index (χ4n) is 3.14. The average molecular weight is 467 g/mol. The molecule has 0 aliphatic carbocycles. The molecule has 1 saturated heterocycles. The van der Waals surface area contributed by atoms with Gasteiger partial charge in [0, 0.05) is 12.8 Å². The molecule has 0 bridgehead atoms. The third-order valence-corrected chi connectivity index (χ3v) is 4.68. The molecular formula is C20H23F6N3O3. The third-order valence-electron chi connectivity index (χ3n) is 4.68. The van der Waals surface area contributed by atoms with Gasteiger partial charge in [-0.3, -0.25) is 0 Å². The molecule has 2 heterocycles. The molecule has 1 aliphatic heterocycles. The predicted octanol–water partition coefficient (Wildman–Crippen LogP) is 4.73. The summed E-state index contributed by atoms with van der Waals surface area (Å²) in [6.45, 7) is 3.33. The molecule has 1 fully saturated rings. The van der Waals surface area contributed by atoms with Gasteiger partial charge in [0.05, 0.1) is 5.56 Å². The van der Waals surface area contributed by atoms with Crippen LogP contribution in [-0.2, 0) is 23.8 Å². The Bertz CT molecular complexity index is 861. The van der Waals surface area contributed by atoms with Crippen LogP contribution >= 0.6 is 0 Å². The number of hydrogen-bond acceptors (Lipinski definition) is 5. The first-order chi connectivity index (χ1) is 14.9. The van der Waals surface area contributed by atoms with E-state index in [1.54, 1.807) is 6.07 Å². The van der Waals surface area contributed by atoms with Crippen LogP contribution in [0.25, 0.3) is 0 Å². The van der Waals surface area contributed by atoms with Gasteiger partial charge in [-0.25, -0.2) is 4.79 Å². The fraction of sp³-hybridized carbons (Fsp3) is 0.550. The Kier molecular flexibility index (Phi) is 9.05. The molecule has 0 atom stereocenters. The van der Waals surface area contributed by atoms with E-state index in [1.807, 2.05) is 0 Å². The van der Waals surface area contributed by atoms with Crippen molar-refractivity contribution in [3.8, 4) is 0 Å². The number of piperidine rings is 1. The van der Waals surface area contributed by atoms with Crippen LogP contribution in [-0.4, -0.2) is 51.9 Å². The smallest absolute Gasteiger partial charge is 0.475 e. The molecule has 1 aliphatic rings. The number of carbonyl (C=O) groups is 1. The number of carboxylic acids is 1. The lowest BCUT2D eigenvalue weighted by Crippen LogP contribution is -2.30. The number of benzene rings is 1. The van der Waals surface area contributed by atoms with Crippen molar-refractivity contribution in [2.45, 2.75) is 50.9 Å². The highest BCUT2D eigenvalue weighted by Gasteiger charge is 2.38. The van der Waals surface area contributed by atoms with Crippen molar-refractivity contribution >= 4 is 5.97 Å². The monoisotopic (exact) mass is 467 g/mol. The van der Waals surface area contributed by atoms with Crippen LogP contribution in [0, 0.1) is 0 Å². The summed E-state index contributed by atoms with van der Waals surface area (Å²) < 4.78 is 75.2. The Morgan fingerprint density at radius 3 is 2.34 bits per heavy atom. The Labute approximate surface area is 180 Å². The molecule has 1 aromatic heterocycles. The van der Waals surface area contributed by atoms with Crippen molar-refractivity contribution in [1.29, 1.82) is 0 Å². The number of hydrogen-bond donors (Lipinski definition) is 1. The molecule has 6 nitrogen and oxygen atoms in total. The van der Waals surface area contributed by atoms with E-state index in [9.17, 15) is 26.3 Å². The summed E-state index contributed by atoms with van der Waals surface area (Å²) >= 11 is 0. The van der Waals surface area contributed by atoms with Crippen molar-refractivity contribution in [2.24, 2.45) is 0 Å². The van der Waals surface area contributed by atoms with E-state index in [4.69, 9.17) is 14.4 Å². The van der Waals surface area contributed by atoms with Gasteiger partial charge < -0.3 is 14.5 Å². The maximum Gasteiger partial charge on any atom is 0.490 e. The van der Waals surface area contributed by atoms with Crippen molar-refractivity contribution < 1.29 is 40.8 Å². The van der Waals surface area contributed by atoms with Gasteiger partial charge in [0.25, 0.3) is 0 Å². The number of aliphatic carboxylic acids is 1. The molecule has 1 N–H and O–H groups in total. The zero-order valence-electron chi connectivity index (χ0n) is 17.0. The number of aryl methyl sites for hydroxylation is 1. The Morgan fingerprint density at radius 1 is 1.09 bits per heavy atom. The summed E-state index contributed by atoms with van der Waals surface area (Å²) in [6, 6.07) is 5.23. The summed E-state index contributed by atoms with van der Waals surface area (Å²) in [7, 11) is 0. The van der Waals surface area contributed by atoms with Crippen LogP contribution < -0.4 is 0 Å². The quantitative estimate of drug-likeness (QED) is 0.619. The molecule has 12 heteroatoms. The molecule has 0 saturated carbocycles. The van der Waals surface area contributed by atoms with Gasteiger partial charge in [-0.2, -0.15) is 31.3 Å². The Balaban J connectivity index is 0.000000451. The number of carboxylic acid groups (broad SMARTS) is 1. The number of nitrogens with zero attached hydrogens (tertiary/aromatic N) is 3. The van der Waals surface area contributed by atoms with Crippen LogP contribution in [0.4, 0.5) is 26.3 Å². The summed E-state index contributed by atoms with van der Waals surface area (Å²) in [4.78, 5) is 15.6. The molecule has 3 rings (SSSR count). The summed E-state index contributed by atoms with van der Waals surface area (Å²) in [6.07, 6.45) is -3.69. The van der Waals surface area contributed by atoms with Crippen molar-refractivity contribution in [2.75, 3.05) is 19.6 Å². The van der Waals surface area contributed by atoms with E-state index in [-0.39, 0.29) is 6.42 Å². The maximum absolute atomic E-state index is 12.7. The lowest BCUT2D eigenvalue weighted by Gasteiger charge is -2.25. The molecule has 178 valence electrons. The number of halogens is 6. The molecular weight excluding hydrogens is 444 g/mol. The Hall–Kier alpha value is -2.63. The SMILES string of the molecule is FC(F)(F)c1cccc(Cc2noc(CCCN3CCCCC3)n2)c1.O=C(O)C(F)(F)F. The first kappa shape index (κ1) is 25.6. The second kappa shape index (κ2) is 11.3. The number of alkyl halides is 6. The average Bonchev–Trinajstić information content (AvgIpc) is 3.15. The predicted molar refractivity (Wildman–Crippen MR) is 101 cm³/mol. The van der Waals surface area contributed by atoms with Crippen LogP contribution in [0.15, 0.2) is 28.8 Å². The van der Waals surface area contributed by atoms with Gasteiger partial charge in [0.2, 0.25) is 5.89 Å². The minimum absolute atomic E-state index is 0.236. The standard InChI is InChI=1S/C18H22F3N3O.C2HF3O2/c19-18(20,21)15-7-4-6-14(12-15)13-16-22-17(25-23-16)8-5-11-24-9-2-1-3-10-24;3-2(4,5)1(6)7/h4,6-7,12H,1-3,5,8-11,13H2;(H,6,7). The molecule has 1 aromatic carbocycles. The summed E-state index contributed by atoms with van der Waals surface area (Å²) in [5.41, 5.74) is -0.134. The molecule has 0 spiro atoms. The van der Waals surface area contributed by atoms with Crippen molar-refractivity contribution in [1.82, 2.24) is 15.0 Å². The van der Waals surface area contributed by atoms with E-state index in [0.717, 1.165) is 38.2 Å². The normalized spacial score (nSPS) is 15.2. The van der Waals surface area contributed by atoms with Gasteiger partial charge >= 0.3 is 18.3 Å². The lowest BCUT2D eigenvalue weighted by atomic mass is 10.1. The van der Waals surface area contributed by atoms with Crippen molar-refractivity contribution in [3.05, 3.63) is 47.1 Å². The number of rotatable bonds is 6. The molecule has 0 amide bonds. The second-order valence-electron chi connectivity index (χ2n) is 7.29. The highest BCUT2D eigenvalue weighted by Crippen LogP contribution is 2.29. The summed E-state index contributed by atoms with van der Waals surface area (Å²) in [5.74, 6) is -1.78. The fourth-order valence-corrected chi connectivity index (χ4v) is 3.14. The van der Waals surface area contributed by atoms with Crippen LogP contribution in [0.1, 0.15) is 48.5 Å². The van der Waals surface area contributed by atoms with Crippen molar-refractivity contribution in [3.63, 3.8) is 0 Å². The highest BCUT2D eigenvalue weighted by atomic mass is 19.4. The van der Waals surface area contributed by atoms with Gasteiger partial charge in [-0.05, 0) is 50.5 Å².